The number of pyridine rings is 2. The molecular weight excluding hydrogens is 364 g/mol. The number of nitrogens with zero attached hydrogens (tertiary/aromatic N) is 4. The second kappa shape index (κ2) is 9.47. The van der Waals surface area contributed by atoms with E-state index in [-0.39, 0.29) is 11.9 Å². The Morgan fingerprint density at radius 3 is 2.69 bits per heavy atom. The van der Waals surface area contributed by atoms with Crippen molar-refractivity contribution in [1.82, 2.24) is 19.8 Å². The summed E-state index contributed by atoms with van der Waals surface area (Å²) in [4.78, 5) is 26.1. The SMILES string of the molecule is O=C(c1ccco1)N(Cc1cccnc1)C1CCN(CCc2ccccn2)CC1. The van der Waals surface area contributed by atoms with Gasteiger partial charge in [0, 0.05) is 62.9 Å². The number of likely N-dealkylation sites (tertiary alicyclic amines) is 1. The highest BCUT2D eigenvalue weighted by Gasteiger charge is 2.29. The molecule has 1 saturated heterocycles. The fraction of sp³-hybridized carbons (Fsp3) is 0.348. The fourth-order valence-corrected chi connectivity index (χ4v) is 3.87. The van der Waals surface area contributed by atoms with Crippen molar-refractivity contribution in [3.8, 4) is 0 Å². The predicted octanol–water partition coefficient (Wildman–Crippen LogP) is 3.42. The molecule has 1 amide bonds. The van der Waals surface area contributed by atoms with Crippen LogP contribution in [0.25, 0.3) is 0 Å². The number of carbonyl (C=O) groups excluding carboxylic acids is 1. The van der Waals surface area contributed by atoms with Gasteiger partial charge in [-0.25, -0.2) is 0 Å². The second-order valence-corrected chi connectivity index (χ2v) is 7.42. The monoisotopic (exact) mass is 390 g/mol. The molecule has 6 nitrogen and oxygen atoms in total. The first-order chi connectivity index (χ1) is 14.3. The Labute approximate surface area is 171 Å². The minimum absolute atomic E-state index is 0.0502. The lowest BCUT2D eigenvalue weighted by molar-refractivity contribution is 0.0520. The Morgan fingerprint density at radius 2 is 2.00 bits per heavy atom. The highest BCUT2D eigenvalue weighted by atomic mass is 16.3. The van der Waals surface area contributed by atoms with Crippen LogP contribution in [0.4, 0.5) is 0 Å². The van der Waals surface area contributed by atoms with Gasteiger partial charge in [-0.15, -0.1) is 0 Å². The molecule has 150 valence electrons. The first kappa shape index (κ1) is 19.3. The van der Waals surface area contributed by atoms with Crippen LogP contribution in [0.1, 0.15) is 34.7 Å². The highest BCUT2D eigenvalue weighted by Crippen LogP contribution is 2.22. The van der Waals surface area contributed by atoms with E-state index in [1.807, 2.05) is 41.6 Å². The molecule has 1 aliphatic rings. The van der Waals surface area contributed by atoms with Gasteiger partial charge in [0.15, 0.2) is 5.76 Å². The van der Waals surface area contributed by atoms with Gasteiger partial charge in [0.25, 0.3) is 5.91 Å². The maximum absolute atomic E-state index is 13.1. The first-order valence-corrected chi connectivity index (χ1v) is 10.2. The van der Waals surface area contributed by atoms with E-state index >= 15 is 0 Å². The zero-order chi connectivity index (χ0) is 19.9. The van der Waals surface area contributed by atoms with Crippen molar-refractivity contribution >= 4 is 5.91 Å². The maximum atomic E-state index is 13.1. The molecule has 0 spiro atoms. The smallest absolute Gasteiger partial charge is 0.290 e. The number of carbonyl (C=O) groups is 1. The molecule has 0 bridgehead atoms. The molecule has 1 fully saturated rings. The van der Waals surface area contributed by atoms with Gasteiger partial charge in [-0.1, -0.05) is 12.1 Å². The third-order valence-corrected chi connectivity index (χ3v) is 5.48. The number of piperidine rings is 1. The zero-order valence-electron chi connectivity index (χ0n) is 16.5. The van der Waals surface area contributed by atoms with Gasteiger partial charge in [0.05, 0.1) is 6.26 Å². The number of furan rings is 1. The van der Waals surface area contributed by atoms with Crippen molar-refractivity contribution in [2.75, 3.05) is 19.6 Å². The minimum atomic E-state index is -0.0502. The van der Waals surface area contributed by atoms with Gasteiger partial charge in [0.1, 0.15) is 0 Å². The summed E-state index contributed by atoms with van der Waals surface area (Å²) in [5.74, 6) is 0.345. The summed E-state index contributed by atoms with van der Waals surface area (Å²) in [6, 6.07) is 13.7. The van der Waals surface area contributed by atoms with Gasteiger partial charge in [0.2, 0.25) is 0 Å². The third-order valence-electron chi connectivity index (χ3n) is 5.48. The summed E-state index contributed by atoms with van der Waals surface area (Å²) < 4.78 is 5.39. The molecule has 3 aromatic heterocycles. The van der Waals surface area contributed by atoms with Crippen LogP contribution in [0.3, 0.4) is 0 Å². The Balaban J connectivity index is 1.38. The summed E-state index contributed by atoms with van der Waals surface area (Å²) in [5, 5.41) is 0. The normalized spacial score (nSPS) is 15.3. The molecular formula is C23H26N4O2. The van der Waals surface area contributed by atoms with Gasteiger partial charge >= 0.3 is 0 Å². The van der Waals surface area contributed by atoms with Crippen LogP contribution in [0.2, 0.25) is 0 Å². The van der Waals surface area contributed by atoms with E-state index in [2.05, 4.69) is 20.9 Å². The molecule has 29 heavy (non-hydrogen) atoms. The number of hydrogen-bond acceptors (Lipinski definition) is 5. The predicted molar refractivity (Wildman–Crippen MR) is 110 cm³/mol. The van der Waals surface area contributed by atoms with Crippen molar-refractivity contribution < 1.29 is 9.21 Å². The highest BCUT2D eigenvalue weighted by molar-refractivity contribution is 5.91. The molecule has 3 aromatic rings. The van der Waals surface area contributed by atoms with E-state index < -0.39 is 0 Å². The molecule has 0 aromatic carbocycles. The minimum Gasteiger partial charge on any atom is -0.459 e. The van der Waals surface area contributed by atoms with Crippen molar-refractivity contribution in [2.24, 2.45) is 0 Å². The summed E-state index contributed by atoms with van der Waals surface area (Å²) in [6.45, 7) is 3.50. The standard InChI is InChI=1S/C23H26N4O2/c28-23(22-7-4-16-29-22)27(18-19-5-3-11-24-17-19)21-9-14-26(15-10-21)13-8-20-6-1-2-12-25-20/h1-7,11-12,16-17,21H,8-10,13-15,18H2. The van der Waals surface area contributed by atoms with Crippen LogP contribution in [-0.4, -0.2) is 51.4 Å². The summed E-state index contributed by atoms with van der Waals surface area (Å²) in [7, 11) is 0. The second-order valence-electron chi connectivity index (χ2n) is 7.42. The van der Waals surface area contributed by atoms with E-state index in [0.29, 0.717) is 12.3 Å². The Morgan fingerprint density at radius 1 is 1.10 bits per heavy atom. The third kappa shape index (κ3) is 5.09. The van der Waals surface area contributed by atoms with Crippen LogP contribution >= 0.6 is 0 Å². The quantitative estimate of drug-likeness (QED) is 0.619. The molecule has 0 aliphatic carbocycles. The molecule has 0 radical (unpaired) electrons. The van der Waals surface area contributed by atoms with Crippen LogP contribution in [0.5, 0.6) is 0 Å². The Hall–Kier alpha value is -2.99. The van der Waals surface area contributed by atoms with Gasteiger partial charge < -0.3 is 14.2 Å². The first-order valence-electron chi connectivity index (χ1n) is 10.2. The summed E-state index contributed by atoms with van der Waals surface area (Å²) in [6.07, 6.45) is 9.83. The fourth-order valence-electron chi connectivity index (χ4n) is 3.87. The van der Waals surface area contributed by atoms with Gasteiger partial charge in [-0.3, -0.25) is 14.8 Å². The topological polar surface area (TPSA) is 62.5 Å². The van der Waals surface area contributed by atoms with Crippen molar-refractivity contribution in [2.45, 2.75) is 31.8 Å². The van der Waals surface area contributed by atoms with E-state index in [0.717, 1.165) is 50.2 Å². The Bertz CT molecular complexity index is 876. The average Bonchev–Trinajstić information content (AvgIpc) is 3.33. The average molecular weight is 390 g/mol. The lowest BCUT2D eigenvalue weighted by Crippen LogP contribution is -2.47. The van der Waals surface area contributed by atoms with Crippen molar-refractivity contribution in [3.63, 3.8) is 0 Å². The van der Waals surface area contributed by atoms with E-state index in [9.17, 15) is 4.79 Å². The number of rotatable bonds is 7. The lowest BCUT2D eigenvalue weighted by atomic mass is 10.0. The van der Waals surface area contributed by atoms with Crippen molar-refractivity contribution in [1.29, 1.82) is 0 Å². The summed E-state index contributed by atoms with van der Waals surface area (Å²) in [5.41, 5.74) is 2.16. The maximum Gasteiger partial charge on any atom is 0.290 e. The molecule has 4 rings (SSSR count). The molecule has 4 heterocycles. The zero-order valence-corrected chi connectivity index (χ0v) is 16.5. The van der Waals surface area contributed by atoms with Crippen LogP contribution in [0, 0.1) is 0 Å². The van der Waals surface area contributed by atoms with Crippen LogP contribution in [-0.2, 0) is 13.0 Å². The molecule has 0 unspecified atom stereocenters. The van der Waals surface area contributed by atoms with Crippen LogP contribution in [0.15, 0.2) is 71.7 Å². The summed E-state index contributed by atoms with van der Waals surface area (Å²) >= 11 is 0. The lowest BCUT2D eigenvalue weighted by Gasteiger charge is -2.38. The van der Waals surface area contributed by atoms with E-state index in [4.69, 9.17) is 4.42 Å². The van der Waals surface area contributed by atoms with E-state index in [1.54, 1.807) is 24.6 Å². The molecule has 6 heteroatoms. The molecule has 1 aliphatic heterocycles. The van der Waals surface area contributed by atoms with Crippen molar-refractivity contribution in [3.05, 3.63) is 84.3 Å². The number of amides is 1. The largest absolute Gasteiger partial charge is 0.459 e. The van der Waals surface area contributed by atoms with Crippen LogP contribution < -0.4 is 0 Å². The van der Waals surface area contributed by atoms with Gasteiger partial charge in [-0.05, 0) is 48.7 Å². The number of hydrogen-bond donors (Lipinski definition) is 0. The molecule has 0 atom stereocenters. The Kier molecular flexibility index (Phi) is 6.32. The molecule has 0 saturated carbocycles. The van der Waals surface area contributed by atoms with E-state index in [1.165, 1.54) is 0 Å². The molecule has 0 N–H and O–H groups in total. The number of aromatic nitrogens is 2. The van der Waals surface area contributed by atoms with Gasteiger partial charge in [-0.2, -0.15) is 0 Å².